The van der Waals surface area contributed by atoms with Crippen LogP contribution in [0.3, 0.4) is 0 Å². The zero-order valence-corrected chi connectivity index (χ0v) is 10.4. The smallest absolute Gasteiger partial charge is 0.0226 e. The van der Waals surface area contributed by atoms with Gasteiger partial charge in [-0.25, -0.2) is 0 Å². The van der Waals surface area contributed by atoms with Gasteiger partial charge in [0.25, 0.3) is 0 Å². The number of hydrogen-bond donors (Lipinski definition) is 2. The molecule has 2 aliphatic rings. The molecular weight excluding hydrogens is 204 g/mol. The molecule has 3 heteroatoms. The summed E-state index contributed by atoms with van der Waals surface area (Å²) in [6.45, 7) is 1.99. The molecule has 15 heavy (non-hydrogen) atoms. The Morgan fingerprint density at radius 2 is 2.20 bits per heavy atom. The van der Waals surface area contributed by atoms with Gasteiger partial charge in [-0.15, -0.1) is 0 Å². The topological polar surface area (TPSA) is 38.0 Å². The van der Waals surface area contributed by atoms with Gasteiger partial charge in [0.1, 0.15) is 0 Å². The number of hydrogen-bond acceptors (Lipinski definition) is 3. The van der Waals surface area contributed by atoms with Gasteiger partial charge in [0.2, 0.25) is 0 Å². The molecule has 1 saturated heterocycles. The molecule has 1 aliphatic carbocycles. The third-order valence-corrected chi connectivity index (χ3v) is 4.87. The molecule has 2 nitrogen and oxygen atoms in total. The summed E-state index contributed by atoms with van der Waals surface area (Å²) < 4.78 is 0. The van der Waals surface area contributed by atoms with Gasteiger partial charge in [0.05, 0.1) is 0 Å². The lowest BCUT2D eigenvalue weighted by Gasteiger charge is -2.22. The van der Waals surface area contributed by atoms with E-state index in [0.717, 1.165) is 18.4 Å². The van der Waals surface area contributed by atoms with Crippen molar-refractivity contribution in [2.45, 2.75) is 38.1 Å². The average molecular weight is 228 g/mol. The molecule has 0 amide bonds. The molecule has 1 saturated carbocycles. The van der Waals surface area contributed by atoms with Crippen LogP contribution in [0.5, 0.6) is 0 Å². The minimum atomic E-state index is 0.583. The molecule has 1 heterocycles. The second-order valence-electron chi connectivity index (χ2n) is 5.01. The highest BCUT2D eigenvalue weighted by Crippen LogP contribution is 2.33. The standard InChI is InChI=1S/C12H24N2S/c13-8-12(11-5-7-15-9-11)14-6-1-2-10-3-4-10/h10-12,14H,1-9,13H2. The van der Waals surface area contributed by atoms with Crippen molar-refractivity contribution in [2.24, 2.45) is 17.6 Å². The summed E-state index contributed by atoms with van der Waals surface area (Å²) in [7, 11) is 0. The maximum Gasteiger partial charge on any atom is 0.0226 e. The zero-order valence-electron chi connectivity index (χ0n) is 9.58. The van der Waals surface area contributed by atoms with Gasteiger partial charge in [-0.05, 0) is 49.1 Å². The highest BCUT2D eigenvalue weighted by atomic mass is 32.2. The molecule has 0 bridgehead atoms. The molecule has 2 fully saturated rings. The van der Waals surface area contributed by atoms with Crippen LogP contribution in [0.25, 0.3) is 0 Å². The normalized spacial score (nSPS) is 28.2. The molecule has 0 aromatic carbocycles. The molecular formula is C12H24N2S. The Balaban J connectivity index is 1.56. The van der Waals surface area contributed by atoms with Gasteiger partial charge in [-0.1, -0.05) is 12.8 Å². The maximum atomic E-state index is 5.84. The van der Waals surface area contributed by atoms with Crippen LogP contribution in [-0.2, 0) is 0 Å². The summed E-state index contributed by atoms with van der Waals surface area (Å²) >= 11 is 2.08. The first-order chi connectivity index (χ1) is 7.40. The van der Waals surface area contributed by atoms with Crippen LogP contribution in [0.4, 0.5) is 0 Å². The van der Waals surface area contributed by atoms with Crippen molar-refractivity contribution in [2.75, 3.05) is 24.6 Å². The molecule has 2 atom stereocenters. The SMILES string of the molecule is NCC(NCCCC1CC1)C1CCSC1. The van der Waals surface area contributed by atoms with Crippen LogP contribution in [0.15, 0.2) is 0 Å². The van der Waals surface area contributed by atoms with E-state index in [4.69, 9.17) is 5.73 Å². The van der Waals surface area contributed by atoms with E-state index >= 15 is 0 Å². The van der Waals surface area contributed by atoms with Gasteiger partial charge in [-0.2, -0.15) is 11.8 Å². The summed E-state index contributed by atoms with van der Waals surface area (Å²) in [5, 5.41) is 3.66. The summed E-state index contributed by atoms with van der Waals surface area (Å²) in [5.41, 5.74) is 5.84. The largest absolute Gasteiger partial charge is 0.329 e. The Morgan fingerprint density at radius 3 is 2.80 bits per heavy atom. The fraction of sp³-hybridized carbons (Fsp3) is 1.00. The predicted octanol–water partition coefficient (Wildman–Crippen LogP) is 1.85. The highest BCUT2D eigenvalue weighted by molar-refractivity contribution is 7.99. The van der Waals surface area contributed by atoms with E-state index in [-0.39, 0.29) is 0 Å². The molecule has 0 aromatic rings. The van der Waals surface area contributed by atoms with Crippen molar-refractivity contribution in [3.8, 4) is 0 Å². The molecule has 2 rings (SSSR count). The number of nitrogens with one attached hydrogen (secondary N) is 1. The van der Waals surface area contributed by atoms with Gasteiger partial charge >= 0.3 is 0 Å². The second-order valence-corrected chi connectivity index (χ2v) is 6.16. The van der Waals surface area contributed by atoms with E-state index in [2.05, 4.69) is 17.1 Å². The van der Waals surface area contributed by atoms with Crippen molar-refractivity contribution in [3.05, 3.63) is 0 Å². The van der Waals surface area contributed by atoms with E-state index < -0.39 is 0 Å². The van der Waals surface area contributed by atoms with Crippen molar-refractivity contribution >= 4 is 11.8 Å². The molecule has 88 valence electrons. The van der Waals surface area contributed by atoms with E-state index in [0.29, 0.717) is 6.04 Å². The van der Waals surface area contributed by atoms with E-state index in [1.54, 1.807) is 0 Å². The Bertz CT molecular complexity index is 176. The lowest BCUT2D eigenvalue weighted by Crippen LogP contribution is -2.42. The Hall–Kier alpha value is 0.270. The summed E-state index contributed by atoms with van der Waals surface area (Å²) in [6.07, 6.45) is 7.12. The average Bonchev–Trinajstić information content (AvgIpc) is 2.92. The van der Waals surface area contributed by atoms with Crippen LogP contribution in [0.1, 0.15) is 32.1 Å². The first kappa shape index (κ1) is 11.7. The highest BCUT2D eigenvalue weighted by Gasteiger charge is 2.24. The molecule has 3 N–H and O–H groups in total. The Morgan fingerprint density at radius 1 is 1.33 bits per heavy atom. The number of nitrogens with two attached hydrogens (primary N) is 1. The zero-order chi connectivity index (χ0) is 10.5. The molecule has 2 unspecified atom stereocenters. The Labute approximate surface area is 97.8 Å². The van der Waals surface area contributed by atoms with Crippen molar-refractivity contribution in [1.29, 1.82) is 0 Å². The summed E-state index contributed by atoms with van der Waals surface area (Å²) in [4.78, 5) is 0. The molecule has 0 radical (unpaired) electrons. The summed E-state index contributed by atoms with van der Waals surface area (Å²) in [5.74, 6) is 4.56. The third kappa shape index (κ3) is 3.97. The molecule has 1 aliphatic heterocycles. The lowest BCUT2D eigenvalue weighted by atomic mass is 9.99. The second kappa shape index (κ2) is 6.12. The minimum Gasteiger partial charge on any atom is -0.329 e. The van der Waals surface area contributed by atoms with Crippen LogP contribution < -0.4 is 11.1 Å². The minimum absolute atomic E-state index is 0.583. The molecule has 0 aromatic heterocycles. The first-order valence-electron chi connectivity index (χ1n) is 6.41. The van der Waals surface area contributed by atoms with Crippen LogP contribution in [0, 0.1) is 11.8 Å². The van der Waals surface area contributed by atoms with Crippen LogP contribution >= 0.6 is 11.8 Å². The van der Waals surface area contributed by atoms with Crippen molar-refractivity contribution in [3.63, 3.8) is 0 Å². The number of rotatable bonds is 7. The molecule has 0 spiro atoms. The lowest BCUT2D eigenvalue weighted by molar-refractivity contribution is 0.383. The van der Waals surface area contributed by atoms with Gasteiger partial charge < -0.3 is 11.1 Å². The first-order valence-corrected chi connectivity index (χ1v) is 7.57. The fourth-order valence-electron chi connectivity index (χ4n) is 2.40. The van der Waals surface area contributed by atoms with Gasteiger partial charge in [0.15, 0.2) is 0 Å². The maximum absolute atomic E-state index is 5.84. The Kier molecular flexibility index (Phi) is 4.79. The van der Waals surface area contributed by atoms with Gasteiger partial charge in [-0.3, -0.25) is 0 Å². The van der Waals surface area contributed by atoms with E-state index in [1.165, 1.54) is 50.2 Å². The monoisotopic (exact) mass is 228 g/mol. The third-order valence-electron chi connectivity index (χ3n) is 3.68. The van der Waals surface area contributed by atoms with Crippen molar-refractivity contribution < 1.29 is 0 Å². The predicted molar refractivity (Wildman–Crippen MR) is 68.2 cm³/mol. The van der Waals surface area contributed by atoms with Crippen LogP contribution in [-0.4, -0.2) is 30.6 Å². The van der Waals surface area contributed by atoms with E-state index in [1.807, 2.05) is 0 Å². The number of thioether (sulfide) groups is 1. The fourth-order valence-corrected chi connectivity index (χ4v) is 3.74. The van der Waals surface area contributed by atoms with Gasteiger partial charge in [0, 0.05) is 12.6 Å². The van der Waals surface area contributed by atoms with Crippen LogP contribution in [0.2, 0.25) is 0 Å². The quantitative estimate of drug-likeness (QED) is 0.653. The summed E-state index contributed by atoms with van der Waals surface area (Å²) in [6, 6.07) is 0.583. The van der Waals surface area contributed by atoms with Crippen molar-refractivity contribution in [1.82, 2.24) is 5.32 Å². The van der Waals surface area contributed by atoms with E-state index in [9.17, 15) is 0 Å².